The van der Waals surface area contributed by atoms with Crippen LogP contribution in [-0.2, 0) is 6.54 Å². The van der Waals surface area contributed by atoms with Crippen molar-refractivity contribution >= 4 is 22.8 Å². The Morgan fingerprint density at radius 2 is 1.44 bits per heavy atom. The monoisotopic (exact) mass is 479 g/mol. The fourth-order valence-electron chi connectivity index (χ4n) is 4.67. The summed E-state index contributed by atoms with van der Waals surface area (Å²) in [5.41, 5.74) is 10.7. The van der Waals surface area contributed by atoms with Gasteiger partial charge in [-0.05, 0) is 42.0 Å². The Labute approximate surface area is 208 Å². The van der Waals surface area contributed by atoms with Crippen LogP contribution in [0.15, 0.2) is 84.9 Å². The third-order valence-electron chi connectivity index (χ3n) is 6.58. The second-order valence-electron chi connectivity index (χ2n) is 8.96. The van der Waals surface area contributed by atoms with Gasteiger partial charge in [-0.3, -0.25) is 4.90 Å². The van der Waals surface area contributed by atoms with Crippen molar-refractivity contribution in [3.8, 4) is 16.9 Å². The van der Waals surface area contributed by atoms with Crippen molar-refractivity contribution < 1.29 is 4.39 Å². The highest BCUT2D eigenvalue weighted by atomic mass is 19.1. The molecular formula is C28H26FN7. The summed E-state index contributed by atoms with van der Waals surface area (Å²) in [5, 5.41) is 5.41. The molecule has 0 bridgehead atoms. The first-order valence-corrected chi connectivity index (χ1v) is 12.0. The molecule has 36 heavy (non-hydrogen) atoms. The number of nitrogen functional groups attached to an aromatic ring is 1. The maximum Gasteiger partial charge on any atom is 0.228 e. The van der Waals surface area contributed by atoms with Crippen molar-refractivity contribution in [1.82, 2.24) is 24.6 Å². The third-order valence-corrected chi connectivity index (χ3v) is 6.58. The van der Waals surface area contributed by atoms with Gasteiger partial charge in [0.2, 0.25) is 5.95 Å². The minimum Gasteiger partial charge on any atom is -0.383 e. The number of piperazine rings is 1. The Morgan fingerprint density at radius 3 is 2.14 bits per heavy atom. The number of hydrogen-bond acceptors (Lipinski definition) is 6. The summed E-state index contributed by atoms with van der Waals surface area (Å²) >= 11 is 0. The Kier molecular flexibility index (Phi) is 5.79. The standard InChI is InChI=1S/C28H26FN7/c29-22-13-11-21(12-14-22)25-24-26(30)36(23-9-5-2-6-10-23)33-27(24)32-28(31-25)35-17-15-34(16-18-35)19-20-7-3-1-4-8-20/h1-14H,15-19,30H2. The number of nitrogens with two attached hydrogens (primary N) is 1. The summed E-state index contributed by atoms with van der Waals surface area (Å²) in [4.78, 5) is 14.4. The van der Waals surface area contributed by atoms with Crippen molar-refractivity contribution in [2.24, 2.45) is 0 Å². The number of halogens is 1. The van der Waals surface area contributed by atoms with Gasteiger partial charge in [0.05, 0.1) is 16.8 Å². The molecule has 1 aliphatic rings. The van der Waals surface area contributed by atoms with Crippen molar-refractivity contribution in [3.63, 3.8) is 0 Å². The number of anilines is 2. The smallest absolute Gasteiger partial charge is 0.228 e. The number of rotatable bonds is 5. The molecule has 0 aliphatic carbocycles. The van der Waals surface area contributed by atoms with Gasteiger partial charge in [0.15, 0.2) is 5.65 Å². The predicted octanol–water partition coefficient (Wildman–Crippen LogP) is 4.53. The Bertz CT molecular complexity index is 1480. The van der Waals surface area contributed by atoms with Gasteiger partial charge < -0.3 is 10.6 Å². The van der Waals surface area contributed by atoms with Crippen LogP contribution >= 0.6 is 0 Å². The molecule has 0 atom stereocenters. The van der Waals surface area contributed by atoms with E-state index in [0.29, 0.717) is 28.5 Å². The van der Waals surface area contributed by atoms with Crippen molar-refractivity contribution in [2.45, 2.75) is 6.54 Å². The molecule has 2 aromatic heterocycles. The Morgan fingerprint density at radius 1 is 0.778 bits per heavy atom. The molecule has 6 rings (SSSR count). The van der Waals surface area contributed by atoms with Gasteiger partial charge >= 0.3 is 0 Å². The summed E-state index contributed by atoms with van der Waals surface area (Å²) in [6, 6.07) is 26.5. The molecule has 5 aromatic rings. The highest BCUT2D eigenvalue weighted by Crippen LogP contribution is 2.33. The van der Waals surface area contributed by atoms with E-state index in [0.717, 1.165) is 44.0 Å². The topological polar surface area (TPSA) is 76.1 Å². The zero-order valence-electron chi connectivity index (χ0n) is 19.8. The first kappa shape index (κ1) is 22.2. The average molecular weight is 480 g/mol. The van der Waals surface area contributed by atoms with E-state index in [1.807, 2.05) is 36.4 Å². The lowest BCUT2D eigenvalue weighted by molar-refractivity contribution is 0.249. The first-order valence-electron chi connectivity index (χ1n) is 12.0. The molecule has 0 spiro atoms. The Balaban J connectivity index is 1.36. The van der Waals surface area contributed by atoms with Crippen LogP contribution in [0.3, 0.4) is 0 Å². The number of fused-ring (bicyclic) bond motifs is 1. The van der Waals surface area contributed by atoms with E-state index in [4.69, 9.17) is 20.8 Å². The van der Waals surface area contributed by atoms with Crippen LogP contribution in [0.25, 0.3) is 28.0 Å². The number of hydrogen-bond donors (Lipinski definition) is 1. The lowest BCUT2D eigenvalue weighted by Crippen LogP contribution is -2.46. The molecule has 3 aromatic carbocycles. The van der Waals surface area contributed by atoms with Gasteiger partial charge in [0, 0.05) is 38.3 Å². The van der Waals surface area contributed by atoms with Crippen molar-refractivity contribution in [3.05, 3.63) is 96.3 Å². The second kappa shape index (κ2) is 9.39. The molecule has 3 heterocycles. The van der Waals surface area contributed by atoms with Crippen LogP contribution in [0.5, 0.6) is 0 Å². The molecule has 7 nitrogen and oxygen atoms in total. The molecule has 0 amide bonds. The highest BCUT2D eigenvalue weighted by Gasteiger charge is 2.24. The molecule has 180 valence electrons. The van der Waals surface area contributed by atoms with Gasteiger partial charge in [0.25, 0.3) is 0 Å². The number of benzene rings is 3. The zero-order valence-corrected chi connectivity index (χ0v) is 19.8. The summed E-state index contributed by atoms with van der Waals surface area (Å²) in [7, 11) is 0. The van der Waals surface area contributed by atoms with E-state index in [1.54, 1.807) is 16.8 Å². The van der Waals surface area contributed by atoms with Crippen LogP contribution in [0.2, 0.25) is 0 Å². The highest BCUT2D eigenvalue weighted by molar-refractivity contribution is 5.99. The fourth-order valence-corrected chi connectivity index (χ4v) is 4.67. The van der Waals surface area contributed by atoms with E-state index >= 15 is 0 Å². The molecular weight excluding hydrogens is 453 g/mol. The number of para-hydroxylation sites is 1. The van der Waals surface area contributed by atoms with E-state index < -0.39 is 0 Å². The van der Waals surface area contributed by atoms with E-state index in [1.165, 1.54) is 17.7 Å². The molecule has 0 saturated carbocycles. The number of nitrogens with zero attached hydrogens (tertiary/aromatic N) is 6. The van der Waals surface area contributed by atoms with Gasteiger partial charge in [-0.1, -0.05) is 48.5 Å². The normalized spacial score (nSPS) is 14.4. The largest absolute Gasteiger partial charge is 0.383 e. The van der Waals surface area contributed by atoms with Crippen LogP contribution in [0.4, 0.5) is 16.2 Å². The lowest BCUT2D eigenvalue weighted by atomic mass is 10.1. The first-order chi connectivity index (χ1) is 17.7. The maximum atomic E-state index is 13.7. The quantitative estimate of drug-likeness (QED) is 0.399. The predicted molar refractivity (Wildman–Crippen MR) is 140 cm³/mol. The molecule has 1 fully saturated rings. The molecule has 1 saturated heterocycles. The molecule has 1 aliphatic heterocycles. The van der Waals surface area contributed by atoms with Crippen molar-refractivity contribution in [1.29, 1.82) is 0 Å². The number of aromatic nitrogens is 4. The van der Waals surface area contributed by atoms with E-state index in [9.17, 15) is 4.39 Å². The van der Waals surface area contributed by atoms with Crippen LogP contribution in [-0.4, -0.2) is 50.8 Å². The summed E-state index contributed by atoms with van der Waals surface area (Å²) in [5.74, 6) is 0.764. The molecule has 2 N–H and O–H groups in total. The fraction of sp³-hybridized carbons (Fsp3) is 0.179. The Hall–Kier alpha value is -4.30. The minimum absolute atomic E-state index is 0.299. The van der Waals surface area contributed by atoms with Crippen LogP contribution in [0, 0.1) is 5.82 Å². The maximum absolute atomic E-state index is 13.7. The molecule has 0 radical (unpaired) electrons. The SMILES string of the molecule is Nc1c2c(-c3ccc(F)cc3)nc(N3CCN(Cc4ccccc4)CC3)nc2nn1-c1ccccc1. The minimum atomic E-state index is -0.299. The zero-order chi connectivity index (χ0) is 24.5. The van der Waals surface area contributed by atoms with Crippen LogP contribution in [0.1, 0.15) is 5.56 Å². The summed E-state index contributed by atoms with van der Waals surface area (Å²) in [6.07, 6.45) is 0. The molecule has 8 heteroatoms. The lowest BCUT2D eigenvalue weighted by Gasteiger charge is -2.34. The third kappa shape index (κ3) is 4.27. The van der Waals surface area contributed by atoms with Gasteiger partial charge in [-0.2, -0.15) is 4.98 Å². The average Bonchev–Trinajstić information content (AvgIpc) is 3.26. The van der Waals surface area contributed by atoms with Crippen molar-refractivity contribution in [2.75, 3.05) is 36.8 Å². The van der Waals surface area contributed by atoms with Gasteiger partial charge in [-0.15, -0.1) is 5.10 Å². The van der Waals surface area contributed by atoms with E-state index in [-0.39, 0.29) is 5.82 Å². The summed E-state index contributed by atoms with van der Waals surface area (Å²) < 4.78 is 15.4. The van der Waals surface area contributed by atoms with Gasteiger partial charge in [0.1, 0.15) is 11.6 Å². The molecule has 0 unspecified atom stereocenters. The van der Waals surface area contributed by atoms with E-state index in [2.05, 4.69) is 34.1 Å². The second-order valence-corrected chi connectivity index (χ2v) is 8.96. The summed E-state index contributed by atoms with van der Waals surface area (Å²) in [6.45, 7) is 4.34. The van der Waals surface area contributed by atoms with Crippen LogP contribution < -0.4 is 10.6 Å². The van der Waals surface area contributed by atoms with Gasteiger partial charge in [-0.25, -0.2) is 14.1 Å².